The molecule has 0 radical (unpaired) electrons. The van der Waals surface area contributed by atoms with Crippen LogP contribution in [0.25, 0.3) is 5.57 Å². The first-order valence-electron chi connectivity index (χ1n) is 6.48. The van der Waals surface area contributed by atoms with Gasteiger partial charge in [0, 0.05) is 26.1 Å². The minimum Gasteiger partial charge on any atom is -0.339 e. The second kappa shape index (κ2) is 6.36. The first-order valence-corrected chi connectivity index (χ1v) is 6.48. The van der Waals surface area contributed by atoms with Crippen LogP contribution in [0.5, 0.6) is 0 Å². The van der Waals surface area contributed by atoms with Gasteiger partial charge < -0.3 is 10.2 Å². The van der Waals surface area contributed by atoms with Crippen LogP contribution in [-0.4, -0.2) is 37.5 Å². The summed E-state index contributed by atoms with van der Waals surface area (Å²) in [6, 6.07) is 10.4. The van der Waals surface area contributed by atoms with E-state index >= 15 is 0 Å². The Labute approximate surface area is 108 Å². The Kier molecular flexibility index (Phi) is 4.53. The summed E-state index contributed by atoms with van der Waals surface area (Å²) in [4.78, 5) is 13.8. The highest BCUT2D eigenvalue weighted by molar-refractivity contribution is 5.78. The Morgan fingerprint density at radius 1 is 1.33 bits per heavy atom. The quantitative estimate of drug-likeness (QED) is 0.877. The highest BCUT2D eigenvalue weighted by Gasteiger charge is 2.16. The number of nitrogens with zero attached hydrogens (tertiary/aromatic N) is 1. The van der Waals surface area contributed by atoms with Gasteiger partial charge in [-0.1, -0.05) is 36.4 Å². The van der Waals surface area contributed by atoms with Crippen molar-refractivity contribution in [2.24, 2.45) is 0 Å². The van der Waals surface area contributed by atoms with E-state index in [2.05, 4.69) is 35.7 Å². The number of nitrogens with one attached hydrogen (secondary N) is 1. The average molecular weight is 244 g/mol. The Morgan fingerprint density at radius 2 is 2.11 bits per heavy atom. The minimum absolute atomic E-state index is 0.243. The molecule has 96 valence electrons. The van der Waals surface area contributed by atoms with Crippen molar-refractivity contribution >= 4 is 11.5 Å². The first kappa shape index (κ1) is 12.8. The SMILES string of the molecule is CNCCC(=O)N1CC=C(c2ccccc2)CC1. The molecule has 0 bridgehead atoms. The maximum absolute atomic E-state index is 11.9. The third kappa shape index (κ3) is 3.20. The van der Waals surface area contributed by atoms with Gasteiger partial charge in [0.15, 0.2) is 0 Å². The van der Waals surface area contributed by atoms with Crippen LogP contribution in [0.4, 0.5) is 0 Å². The molecule has 0 unspecified atom stereocenters. The van der Waals surface area contributed by atoms with Gasteiger partial charge in [-0.05, 0) is 24.6 Å². The van der Waals surface area contributed by atoms with Gasteiger partial charge in [-0.25, -0.2) is 0 Å². The lowest BCUT2D eigenvalue weighted by atomic mass is 9.99. The van der Waals surface area contributed by atoms with Gasteiger partial charge in [-0.2, -0.15) is 0 Å². The molecule has 0 aromatic heterocycles. The van der Waals surface area contributed by atoms with Crippen molar-refractivity contribution < 1.29 is 4.79 Å². The van der Waals surface area contributed by atoms with Gasteiger partial charge in [-0.3, -0.25) is 4.79 Å². The summed E-state index contributed by atoms with van der Waals surface area (Å²) in [5, 5.41) is 3.01. The normalized spacial score (nSPS) is 15.4. The average Bonchev–Trinajstić information content (AvgIpc) is 2.46. The van der Waals surface area contributed by atoms with Crippen molar-refractivity contribution in [2.45, 2.75) is 12.8 Å². The largest absolute Gasteiger partial charge is 0.339 e. The number of benzene rings is 1. The molecule has 2 rings (SSSR count). The Morgan fingerprint density at radius 3 is 2.72 bits per heavy atom. The lowest BCUT2D eigenvalue weighted by Crippen LogP contribution is -2.35. The topological polar surface area (TPSA) is 32.3 Å². The van der Waals surface area contributed by atoms with Gasteiger partial charge in [0.1, 0.15) is 0 Å². The van der Waals surface area contributed by atoms with Crippen molar-refractivity contribution in [1.29, 1.82) is 0 Å². The third-order valence-corrected chi connectivity index (χ3v) is 3.30. The van der Waals surface area contributed by atoms with Crippen molar-refractivity contribution in [3.8, 4) is 0 Å². The second-order valence-corrected chi connectivity index (χ2v) is 4.54. The van der Waals surface area contributed by atoms with Gasteiger partial charge in [-0.15, -0.1) is 0 Å². The van der Waals surface area contributed by atoms with Crippen molar-refractivity contribution in [2.75, 3.05) is 26.7 Å². The molecule has 18 heavy (non-hydrogen) atoms. The molecule has 1 aliphatic heterocycles. The zero-order valence-corrected chi connectivity index (χ0v) is 10.9. The van der Waals surface area contributed by atoms with Crippen LogP contribution >= 0.6 is 0 Å². The molecule has 1 amide bonds. The van der Waals surface area contributed by atoms with Gasteiger partial charge in [0.2, 0.25) is 5.91 Å². The number of rotatable bonds is 4. The van der Waals surface area contributed by atoms with E-state index in [4.69, 9.17) is 0 Å². The summed E-state index contributed by atoms with van der Waals surface area (Å²) >= 11 is 0. The summed E-state index contributed by atoms with van der Waals surface area (Å²) < 4.78 is 0. The van der Waals surface area contributed by atoms with E-state index in [9.17, 15) is 4.79 Å². The molecule has 1 aliphatic rings. The Balaban J connectivity index is 1.94. The number of hydrogen-bond donors (Lipinski definition) is 1. The highest BCUT2D eigenvalue weighted by Crippen LogP contribution is 2.22. The van der Waals surface area contributed by atoms with Crippen LogP contribution < -0.4 is 5.32 Å². The predicted molar refractivity (Wildman–Crippen MR) is 74.2 cm³/mol. The van der Waals surface area contributed by atoms with E-state index in [1.165, 1.54) is 11.1 Å². The summed E-state index contributed by atoms with van der Waals surface area (Å²) in [6.07, 6.45) is 3.72. The molecule has 0 saturated heterocycles. The zero-order valence-electron chi connectivity index (χ0n) is 10.9. The molecule has 0 saturated carbocycles. The molecule has 1 N–H and O–H groups in total. The lowest BCUT2D eigenvalue weighted by Gasteiger charge is -2.26. The monoisotopic (exact) mass is 244 g/mol. The summed E-state index contributed by atoms with van der Waals surface area (Å²) in [6.45, 7) is 2.33. The van der Waals surface area contributed by atoms with E-state index in [0.29, 0.717) is 6.42 Å². The molecular weight excluding hydrogens is 224 g/mol. The van der Waals surface area contributed by atoms with Crippen LogP contribution in [0.3, 0.4) is 0 Å². The second-order valence-electron chi connectivity index (χ2n) is 4.54. The predicted octanol–water partition coefficient (Wildman–Crippen LogP) is 1.91. The fourth-order valence-electron chi connectivity index (χ4n) is 2.20. The van der Waals surface area contributed by atoms with Crippen molar-refractivity contribution in [1.82, 2.24) is 10.2 Å². The van der Waals surface area contributed by atoms with Crippen LogP contribution in [0.1, 0.15) is 18.4 Å². The van der Waals surface area contributed by atoms with Gasteiger partial charge >= 0.3 is 0 Å². The minimum atomic E-state index is 0.243. The molecule has 3 heteroatoms. The maximum Gasteiger partial charge on any atom is 0.224 e. The molecule has 1 aromatic rings. The molecule has 0 atom stereocenters. The standard InChI is InChI=1S/C15H20N2O/c1-16-10-7-15(18)17-11-8-14(9-12-17)13-5-3-2-4-6-13/h2-6,8,16H,7,9-12H2,1H3. The smallest absolute Gasteiger partial charge is 0.224 e. The fourth-order valence-corrected chi connectivity index (χ4v) is 2.20. The Hall–Kier alpha value is -1.61. The van der Waals surface area contributed by atoms with Crippen molar-refractivity contribution in [3.05, 3.63) is 42.0 Å². The molecule has 0 spiro atoms. The summed E-state index contributed by atoms with van der Waals surface area (Å²) in [5.74, 6) is 0.243. The summed E-state index contributed by atoms with van der Waals surface area (Å²) in [7, 11) is 1.87. The number of carbonyl (C=O) groups excluding carboxylic acids is 1. The molecule has 0 aliphatic carbocycles. The van der Waals surface area contributed by atoms with E-state index in [-0.39, 0.29) is 5.91 Å². The Bertz CT molecular complexity index is 425. The third-order valence-electron chi connectivity index (χ3n) is 3.30. The zero-order chi connectivity index (χ0) is 12.8. The van der Waals surface area contributed by atoms with Gasteiger partial charge in [0.05, 0.1) is 0 Å². The molecule has 0 fully saturated rings. The van der Waals surface area contributed by atoms with E-state index in [1.54, 1.807) is 0 Å². The van der Waals surface area contributed by atoms with Crippen LogP contribution in [-0.2, 0) is 4.79 Å². The van der Waals surface area contributed by atoms with E-state index in [0.717, 1.165) is 26.1 Å². The number of amides is 1. The molecular formula is C15H20N2O. The highest BCUT2D eigenvalue weighted by atomic mass is 16.2. The summed E-state index contributed by atoms with van der Waals surface area (Å²) in [5.41, 5.74) is 2.63. The van der Waals surface area contributed by atoms with Gasteiger partial charge in [0.25, 0.3) is 0 Å². The van der Waals surface area contributed by atoms with E-state index < -0.39 is 0 Å². The van der Waals surface area contributed by atoms with Crippen LogP contribution in [0.2, 0.25) is 0 Å². The van der Waals surface area contributed by atoms with E-state index in [1.807, 2.05) is 18.0 Å². The van der Waals surface area contributed by atoms with Crippen LogP contribution in [0, 0.1) is 0 Å². The van der Waals surface area contributed by atoms with Crippen molar-refractivity contribution in [3.63, 3.8) is 0 Å². The lowest BCUT2D eigenvalue weighted by molar-refractivity contribution is -0.130. The fraction of sp³-hybridized carbons (Fsp3) is 0.400. The van der Waals surface area contributed by atoms with Crippen LogP contribution in [0.15, 0.2) is 36.4 Å². The first-order chi connectivity index (χ1) is 8.81. The molecule has 1 aromatic carbocycles. The molecule has 3 nitrogen and oxygen atoms in total. The molecule has 1 heterocycles. The maximum atomic E-state index is 11.9. The number of hydrogen-bond acceptors (Lipinski definition) is 2. The number of carbonyl (C=O) groups is 1.